The van der Waals surface area contributed by atoms with E-state index < -0.39 is 17.5 Å². The fourth-order valence-corrected chi connectivity index (χ4v) is 4.28. The molecule has 0 aliphatic carbocycles. The number of ether oxygens (including phenoxy) is 2. The van der Waals surface area contributed by atoms with Crippen LogP contribution in [-0.2, 0) is 15.9 Å². The molecule has 1 aromatic carbocycles. The average Bonchev–Trinajstić information content (AvgIpc) is 3.22. The number of aryl methyl sites for hydroxylation is 1. The van der Waals surface area contributed by atoms with Crippen molar-refractivity contribution in [1.29, 1.82) is 0 Å². The highest BCUT2D eigenvalue weighted by molar-refractivity contribution is 7.13. The maximum absolute atomic E-state index is 13.8. The Balaban J connectivity index is 1.51. The molecule has 2 aromatic rings. The van der Waals surface area contributed by atoms with E-state index in [1.807, 2.05) is 33.1 Å². The van der Waals surface area contributed by atoms with E-state index in [2.05, 4.69) is 10.3 Å². The molecule has 3 rings (SSSR count). The number of likely N-dealkylation sites (tertiary alicyclic amines) is 1. The number of rotatable bonds is 5. The highest BCUT2D eigenvalue weighted by Gasteiger charge is 2.27. The largest absolute Gasteiger partial charge is 0.449 e. The van der Waals surface area contributed by atoms with Gasteiger partial charge in [-0.1, -0.05) is 6.92 Å². The van der Waals surface area contributed by atoms with Crippen LogP contribution in [0.3, 0.4) is 0 Å². The molecular formula is C23H30FN3O4S. The number of carbonyl (C=O) groups is 2. The molecule has 1 aliphatic rings. The molecule has 2 amide bonds. The minimum absolute atomic E-state index is 0.165. The smallest absolute Gasteiger partial charge is 0.411 e. The molecule has 0 saturated carbocycles. The van der Waals surface area contributed by atoms with Crippen LogP contribution in [0.4, 0.5) is 19.7 Å². The molecule has 2 heterocycles. The maximum atomic E-state index is 13.8. The molecule has 9 heteroatoms. The second kappa shape index (κ2) is 10.3. The molecule has 174 valence electrons. The monoisotopic (exact) mass is 463 g/mol. The summed E-state index contributed by atoms with van der Waals surface area (Å²) in [6.07, 6.45) is 1.33. The van der Waals surface area contributed by atoms with Crippen molar-refractivity contribution in [1.82, 2.24) is 9.88 Å². The second-order valence-corrected chi connectivity index (χ2v) is 9.68. The van der Waals surface area contributed by atoms with Crippen LogP contribution >= 0.6 is 11.3 Å². The molecule has 7 nitrogen and oxygen atoms in total. The van der Waals surface area contributed by atoms with Gasteiger partial charge < -0.3 is 14.4 Å². The number of amides is 2. The Morgan fingerprint density at radius 2 is 2.00 bits per heavy atom. The van der Waals surface area contributed by atoms with E-state index in [1.54, 1.807) is 4.90 Å². The van der Waals surface area contributed by atoms with Gasteiger partial charge in [0.25, 0.3) is 0 Å². The number of carbonyl (C=O) groups excluding carboxylic acids is 2. The van der Waals surface area contributed by atoms with E-state index >= 15 is 0 Å². The Morgan fingerprint density at radius 3 is 2.62 bits per heavy atom. The minimum Gasteiger partial charge on any atom is -0.449 e. The van der Waals surface area contributed by atoms with Gasteiger partial charge in [-0.15, -0.1) is 11.3 Å². The van der Waals surface area contributed by atoms with Crippen LogP contribution in [0.15, 0.2) is 23.6 Å². The molecule has 1 N–H and O–H groups in total. The van der Waals surface area contributed by atoms with Crippen LogP contribution in [0.2, 0.25) is 0 Å². The maximum Gasteiger partial charge on any atom is 0.411 e. The number of thiazole rings is 1. The number of aromatic nitrogens is 1. The summed E-state index contributed by atoms with van der Waals surface area (Å²) in [4.78, 5) is 30.7. The highest BCUT2D eigenvalue weighted by atomic mass is 32.1. The van der Waals surface area contributed by atoms with E-state index in [1.165, 1.54) is 29.5 Å². The van der Waals surface area contributed by atoms with Crippen LogP contribution < -0.4 is 5.32 Å². The fraction of sp³-hybridized carbons (Fsp3) is 0.522. The molecule has 32 heavy (non-hydrogen) atoms. The van der Waals surface area contributed by atoms with Crippen LogP contribution in [-0.4, -0.2) is 47.4 Å². The Morgan fingerprint density at radius 1 is 1.28 bits per heavy atom. The third-order valence-corrected chi connectivity index (χ3v) is 6.00. The zero-order valence-corrected chi connectivity index (χ0v) is 19.8. The number of nitrogens with one attached hydrogen (secondary N) is 1. The number of nitrogens with zero attached hydrogens (tertiary/aromatic N) is 2. The fourth-order valence-electron chi connectivity index (χ4n) is 3.34. The molecule has 0 bridgehead atoms. The summed E-state index contributed by atoms with van der Waals surface area (Å²) in [7, 11) is 0. The lowest BCUT2D eigenvalue weighted by atomic mass is 9.98. The van der Waals surface area contributed by atoms with Crippen molar-refractivity contribution in [3.63, 3.8) is 0 Å². The van der Waals surface area contributed by atoms with E-state index in [0.717, 1.165) is 25.0 Å². The predicted octanol–water partition coefficient (Wildman–Crippen LogP) is 5.71. The summed E-state index contributed by atoms with van der Waals surface area (Å²) in [5.74, 6) is -0.234. The van der Waals surface area contributed by atoms with Gasteiger partial charge in [0.1, 0.15) is 16.4 Å². The first kappa shape index (κ1) is 24.0. The number of benzene rings is 1. The Bertz CT molecular complexity index is 949. The van der Waals surface area contributed by atoms with Gasteiger partial charge in [-0.25, -0.2) is 19.0 Å². The number of hydrogen-bond acceptors (Lipinski definition) is 6. The van der Waals surface area contributed by atoms with Gasteiger partial charge in [-0.05, 0) is 64.2 Å². The molecule has 1 aliphatic heterocycles. The van der Waals surface area contributed by atoms with Gasteiger partial charge in [0.15, 0.2) is 0 Å². The van der Waals surface area contributed by atoms with Crippen LogP contribution in [0.5, 0.6) is 0 Å². The molecule has 1 saturated heterocycles. The molecule has 0 atom stereocenters. The second-order valence-electron chi connectivity index (χ2n) is 8.82. The first-order valence-corrected chi connectivity index (χ1v) is 11.7. The van der Waals surface area contributed by atoms with Gasteiger partial charge in [0.05, 0.1) is 18.0 Å². The summed E-state index contributed by atoms with van der Waals surface area (Å²) >= 11 is 1.41. The van der Waals surface area contributed by atoms with Crippen molar-refractivity contribution >= 4 is 29.2 Å². The number of anilines is 1. The topological polar surface area (TPSA) is 80.8 Å². The van der Waals surface area contributed by atoms with Gasteiger partial charge >= 0.3 is 12.2 Å². The Kier molecular flexibility index (Phi) is 7.71. The van der Waals surface area contributed by atoms with Crippen LogP contribution in [0.1, 0.15) is 46.2 Å². The summed E-state index contributed by atoms with van der Waals surface area (Å²) in [6, 6.07) is 4.17. The van der Waals surface area contributed by atoms with Gasteiger partial charge in [-0.3, -0.25) is 5.32 Å². The number of halogens is 1. The summed E-state index contributed by atoms with van der Waals surface area (Å²) in [5, 5.41) is 5.28. The number of piperidine rings is 1. The zero-order valence-electron chi connectivity index (χ0n) is 18.9. The van der Waals surface area contributed by atoms with Crippen molar-refractivity contribution in [3.8, 4) is 10.6 Å². The van der Waals surface area contributed by atoms with Crippen molar-refractivity contribution in [2.45, 2.75) is 52.6 Å². The highest BCUT2D eigenvalue weighted by Crippen LogP contribution is 2.32. The SMILES string of the molecule is CCc1csc(-c2cc(F)ccc2NC(=O)OCC2CCN(C(=O)OC(C)(C)C)CC2)n1. The van der Waals surface area contributed by atoms with Crippen LogP contribution in [0.25, 0.3) is 10.6 Å². The third kappa shape index (κ3) is 6.66. The normalized spacial score (nSPS) is 14.8. The number of hydrogen-bond donors (Lipinski definition) is 1. The van der Waals surface area contributed by atoms with Gasteiger partial charge in [-0.2, -0.15) is 0 Å². The van der Waals surface area contributed by atoms with Crippen molar-refractivity contribution < 1.29 is 23.5 Å². The lowest BCUT2D eigenvalue weighted by Crippen LogP contribution is -2.42. The van der Waals surface area contributed by atoms with E-state index in [0.29, 0.717) is 29.3 Å². The molecular weight excluding hydrogens is 433 g/mol. The first-order valence-electron chi connectivity index (χ1n) is 10.8. The van der Waals surface area contributed by atoms with Crippen molar-refractivity contribution in [2.75, 3.05) is 25.0 Å². The van der Waals surface area contributed by atoms with Crippen molar-refractivity contribution in [2.24, 2.45) is 5.92 Å². The van der Waals surface area contributed by atoms with E-state index in [-0.39, 0.29) is 18.6 Å². The quantitative estimate of drug-likeness (QED) is 0.615. The standard InChI is InChI=1S/C23H30FN3O4S/c1-5-17-14-32-20(25-17)18-12-16(24)6-7-19(18)26-21(28)30-13-15-8-10-27(11-9-15)22(29)31-23(2,3)4/h6-7,12,14-15H,5,8-11,13H2,1-4H3,(H,26,28). The van der Waals surface area contributed by atoms with Crippen LogP contribution in [0, 0.1) is 11.7 Å². The minimum atomic E-state index is -0.597. The summed E-state index contributed by atoms with van der Waals surface area (Å²) in [5.41, 5.74) is 1.37. The predicted molar refractivity (Wildman–Crippen MR) is 122 cm³/mol. The summed E-state index contributed by atoms with van der Waals surface area (Å²) in [6.45, 7) is 8.91. The first-order chi connectivity index (χ1) is 15.1. The van der Waals surface area contributed by atoms with Gasteiger partial charge in [0.2, 0.25) is 0 Å². The van der Waals surface area contributed by atoms with E-state index in [9.17, 15) is 14.0 Å². The van der Waals surface area contributed by atoms with E-state index in [4.69, 9.17) is 9.47 Å². The average molecular weight is 464 g/mol. The molecule has 0 radical (unpaired) electrons. The van der Waals surface area contributed by atoms with Crippen molar-refractivity contribution in [3.05, 3.63) is 35.1 Å². The molecule has 1 aromatic heterocycles. The third-order valence-electron chi connectivity index (χ3n) is 5.08. The Labute approximate surface area is 191 Å². The zero-order chi connectivity index (χ0) is 23.3. The lowest BCUT2D eigenvalue weighted by molar-refractivity contribution is 0.0153. The van der Waals surface area contributed by atoms with Gasteiger partial charge in [0, 0.05) is 24.0 Å². The lowest BCUT2D eigenvalue weighted by Gasteiger charge is -2.33. The Hall–Kier alpha value is -2.68. The molecule has 0 unspecified atom stereocenters. The molecule has 0 spiro atoms. The molecule has 1 fully saturated rings. The summed E-state index contributed by atoms with van der Waals surface area (Å²) < 4.78 is 24.6.